The predicted molar refractivity (Wildman–Crippen MR) is 81.2 cm³/mol. The zero-order valence-corrected chi connectivity index (χ0v) is 12.4. The lowest BCUT2D eigenvalue weighted by molar-refractivity contribution is 0.0941. The first-order valence-corrected chi connectivity index (χ1v) is 6.88. The van der Waals surface area contributed by atoms with Gasteiger partial charge in [0.25, 0.3) is 5.91 Å². The standard InChI is InChI=1S/C16H20N2O2/c1-5-18-9-13(16(20)17-10(2)3)15(19)12-8-11(4)6-7-14(12)18/h6-10H,5H2,1-4H3,(H,17,20). The number of carbonyl (C=O) groups is 1. The number of carbonyl (C=O) groups excluding carboxylic acids is 1. The maximum atomic E-state index is 12.5. The summed E-state index contributed by atoms with van der Waals surface area (Å²) in [6, 6.07) is 5.75. The number of rotatable bonds is 3. The molecule has 1 heterocycles. The van der Waals surface area contributed by atoms with Crippen LogP contribution < -0.4 is 10.7 Å². The third-order valence-corrected chi connectivity index (χ3v) is 3.24. The molecule has 0 unspecified atom stereocenters. The van der Waals surface area contributed by atoms with Gasteiger partial charge < -0.3 is 9.88 Å². The predicted octanol–water partition coefficient (Wildman–Crippen LogP) is 2.47. The van der Waals surface area contributed by atoms with Crippen LogP contribution in [0, 0.1) is 6.92 Å². The highest BCUT2D eigenvalue weighted by molar-refractivity contribution is 5.97. The molecule has 0 saturated carbocycles. The maximum Gasteiger partial charge on any atom is 0.256 e. The molecular formula is C16H20N2O2. The van der Waals surface area contributed by atoms with Crippen molar-refractivity contribution in [2.24, 2.45) is 0 Å². The minimum absolute atomic E-state index is 0.00480. The summed E-state index contributed by atoms with van der Waals surface area (Å²) in [7, 11) is 0. The Morgan fingerprint density at radius 3 is 2.65 bits per heavy atom. The van der Waals surface area contributed by atoms with E-state index in [-0.39, 0.29) is 22.9 Å². The average Bonchev–Trinajstić information content (AvgIpc) is 2.38. The number of pyridine rings is 1. The lowest BCUT2D eigenvalue weighted by atomic mass is 10.1. The summed E-state index contributed by atoms with van der Waals surface area (Å²) in [5, 5.41) is 3.38. The molecule has 0 aliphatic rings. The molecular weight excluding hydrogens is 252 g/mol. The fourth-order valence-electron chi connectivity index (χ4n) is 2.27. The monoisotopic (exact) mass is 272 g/mol. The molecule has 106 valence electrons. The Kier molecular flexibility index (Phi) is 3.93. The first-order valence-electron chi connectivity index (χ1n) is 6.88. The number of aryl methyl sites for hydroxylation is 2. The Morgan fingerprint density at radius 2 is 2.05 bits per heavy atom. The Morgan fingerprint density at radius 1 is 1.35 bits per heavy atom. The van der Waals surface area contributed by atoms with Crippen molar-refractivity contribution in [2.75, 3.05) is 0 Å². The van der Waals surface area contributed by atoms with Crippen LogP contribution in [0.2, 0.25) is 0 Å². The number of nitrogens with zero attached hydrogens (tertiary/aromatic N) is 1. The van der Waals surface area contributed by atoms with Crippen LogP contribution in [0.1, 0.15) is 36.7 Å². The van der Waals surface area contributed by atoms with Crippen molar-refractivity contribution in [1.82, 2.24) is 9.88 Å². The zero-order valence-electron chi connectivity index (χ0n) is 12.4. The first-order chi connectivity index (χ1) is 9.43. The van der Waals surface area contributed by atoms with Crippen LogP contribution in [-0.2, 0) is 6.54 Å². The minimum atomic E-state index is -0.310. The molecule has 0 spiro atoms. The maximum absolute atomic E-state index is 12.5. The topological polar surface area (TPSA) is 51.1 Å². The van der Waals surface area contributed by atoms with Crippen LogP contribution in [0.5, 0.6) is 0 Å². The molecule has 20 heavy (non-hydrogen) atoms. The lowest BCUT2D eigenvalue weighted by Gasteiger charge is -2.13. The summed E-state index contributed by atoms with van der Waals surface area (Å²) in [5.41, 5.74) is 1.88. The van der Waals surface area contributed by atoms with Gasteiger partial charge in [0.1, 0.15) is 5.56 Å². The SMILES string of the molecule is CCn1cc(C(=O)NC(C)C)c(=O)c2cc(C)ccc21. The second-order valence-electron chi connectivity index (χ2n) is 5.31. The summed E-state index contributed by atoms with van der Waals surface area (Å²) < 4.78 is 1.94. The van der Waals surface area contributed by atoms with E-state index in [9.17, 15) is 9.59 Å². The molecule has 4 nitrogen and oxygen atoms in total. The van der Waals surface area contributed by atoms with Gasteiger partial charge in [-0.25, -0.2) is 0 Å². The highest BCUT2D eigenvalue weighted by Crippen LogP contribution is 2.14. The highest BCUT2D eigenvalue weighted by Gasteiger charge is 2.15. The largest absolute Gasteiger partial charge is 0.350 e. The molecule has 4 heteroatoms. The Hall–Kier alpha value is -2.10. The summed E-state index contributed by atoms with van der Waals surface area (Å²) in [4.78, 5) is 24.6. The molecule has 0 aliphatic carbocycles. The van der Waals surface area contributed by atoms with Crippen molar-refractivity contribution >= 4 is 16.8 Å². The molecule has 0 fully saturated rings. The quantitative estimate of drug-likeness (QED) is 0.933. The summed E-state index contributed by atoms with van der Waals surface area (Å²) in [6.07, 6.45) is 1.65. The lowest BCUT2D eigenvalue weighted by Crippen LogP contribution is -2.34. The number of nitrogens with one attached hydrogen (secondary N) is 1. The van der Waals surface area contributed by atoms with Gasteiger partial charge in [-0.2, -0.15) is 0 Å². The minimum Gasteiger partial charge on any atom is -0.350 e. The third-order valence-electron chi connectivity index (χ3n) is 3.24. The first kappa shape index (κ1) is 14.3. The van der Waals surface area contributed by atoms with E-state index in [0.717, 1.165) is 11.1 Å². The van der Waals surface area contributed by atoms with Gasteiger partial charge in [-0.3, -0.25) is 9.59 Å². The van der Waals surface area contributed by atoms with E-state index in [4.69, 9.17) is 0 Å². The van der Waals surface area contributed by atoms with Gasteiger partial charge in [0, 0.05) is 24.2 Å². The molecule has 2 rings (SSSR count). The van der Waals surface area contributed by atoms with Crippen LogP contribution in [0.25, 0.3) is 10.9 Å². The molecule has 0 bridgehead atoms. The summed E-state index contributed by atoms with van der Waals surface area (Å²) in [5.74, 6) is -0.310. The van der Waals surface area contributed by atoms with Gasteiger partial charge in [0.05, 0.1) is 5.52 Å². The van der Waals surface area contributed by atoms with Crippen molar-refractivity contribution in [3.8, 4) is 0 Å². The number of hydrogen-bond donors (Lipinski definition) is 1. The van der Waals surface area contributed by atoms with Crippen molar-refractivity contribution in [1.29, 1.82) is 0 Å². The van der Waals surface area contributed by atoms with Crippen LogP contribution in [-0.4, -0.2) is 16.5 Å². The Balaban J connectivity index is 2.71. The molecule has 1 aromatic heterocycles. The zero-order chi connectivity index (χ0) is 14.9. The Labute approximate surface area is 118 Å². The normalized spacial score (nSPS) is 11.1. The van der Waals surface area contributed by atoms with Gasteiger partial charge in [0.2, 0.25) is 5.43 Å². The molecule has 1 aromatic carbocycles. The van der Waals surface area contributed by atoms with Crippen LogP contribution in [0.15, 0.2) is 29.2 Å². The molecule has 0 radical (unpaired) electrons. The van der Waals surface area contributed by atoms with Gasteiger partial charge in [-0.15, -0.1) is 0 Å². The van der Waals surface area contributed by atoms with E-state index in [2.05, 4.69) is 5.32 Å². The molecule has 1 N–H and O–H groups in total. The number of amides is 1. The second kappa shape index (κ2) is 5.49. The van der Waals surface area contributed by atoms with E-state index in [1.54, 1.807) is 6.20 Å². The summed E-state index contributed by atoms with van der Waals surface area (Å²) >= 11 is 0. The molecule has 1 amide bonds. The fourth-order valence-corrected chi connectivity index (χ4v) is 2.27. The number of fused-ring (bicyclic) bond motifs is 1. The number of aromatic nitrogens is 1. The summed E-state index contributed by atoms with van der Waals surface area (Å²) in [6.45, 7) is 8.40. The van der Waals surface area contributed by atoms with Gasteiger partial charge >= 0.3 is 0 Å². The molecule has 2 aromatic rings. The van der Waals surface area contributed by atoms with Crippen molar-refractivity contribution in [2.45, 2.75) is 40.3 Å². The van der Waals surface area contributed by atoms with Crippen LogP contribution >= 0.6 is 0 Å². The van der Waals surface area contributed by atoms with Crippen molar-refractivity contribution in [3.05, 3.63) is 45.7 Å². The number of hydrogen-bond acceptors (Lipinski definition) is 2. The van der Waals surface area contributed by atoms with Crippen molar-refractivity contribution in [3.63, 3.8) is 0 Å². The molecule has 0 aliphatic heterocycles. The van der Waals surface area contributed by atoms with Gasteiger partial charge in [-0.1, -0.05) is 11.6 Å². The van der Waals surface area contributed by atoms with Crippen LogP contribution in [0.3, 0.4) is 0 Å². The molecule has 0 atom stereocenters. The van der Waals surface area contributed by atoms with E-state index >= 15 is 0 Å². The Bertz CT molecular complexity index is 714. The van der Waals surface area contributed by atoms with E-state index in [1.165, 1.54) is 0 Å². The highest BCUT2D eigenvalue weighted by atomic mass is 16.2. The van der Waals surface area contributed by atoms with Crippen LogP contribution in [0.4, 0.5) is 0 Å². The van der Waals surface area contributed by atoms with Gasteiger partial charge in [-0.05, 0) is 39.8 Å². The smallest absolute Gasteiger partial charge is 0.256 e. The average molecular weight is 272 g/mol. The fraction of sp³-hybridized carbons (Fsp3) is 0.375. The van der Waals surface area contributed by atoms with Gasteiger partial charge in [0.15, 0.2) is 0 Å². The third kappa shape index (κ3) is 2.59. The van der Waals surface area contributed by atoms with E-state index in [1.807, 2.05) is 50.5 Å². The molecule has 0 saturated heterocycles. The van der Waals surface area contributed by atoms with Crippen molar-refractivity contribution < 1.29 is 4.79 Å². The van der Waals surface area contributed by atoms with E-state index in [0.29, 0.717) is 11.9 Å². The second-order valence-corrected chi connectivity index (χ2v) is 5.31. The van der Waals surface area contributed by atoms with E-state index < -0.39 is 0 Å². The number of benzene rings is 1.